The lowest BCUT2D eigenvalue weighted by Gasteiger charge is -2.24. The fraction of sp³-hybridized carbons (Fsp3) is 0.231. The van der Waals surface area contributed by atoms with Gasteiger partial charge in [-0.3, -0.25) is 14.6 Å². The highest BCUT2D eigenvalue weighted by Crippen LogP contribution is 2.19. The molecule has 1 saturated heterocycles. The number of carbonyl (C=O) groups excluding carboxylic acids is 1. The van der Waals surface area contributed by atoms with Gasteiger partial charge in [-0.25, -0.2) is 4.98 Å². The number of amides is 1. The number of hydrogen-bond acceptors (Lipinski definition) is 5. The van der Waals surface area contributed by atoms with Crippen molar-refractivity contribution in [1.82, 2.24) is 19.9 Å². The van der Waals surface area contributed by atoms with Gasteiger partial charge in [0.25, 0.3) is 5.56 Å². The van der Waals surface area contributed by atoms with E-state index in [1.165, 1.54) is 0 Å². The summed E-state index contributed by atoms with van der Waals surface area (Å²) in [4.78, 5) is 39.2. The number of aromatic nitrogens is 3. The molecule has 0 radical (unpaired) electrons. The number of nitrogens with zero attached hydrogens (tertiary/aromatic N) is 3. The van der Waals surface area contributed by atoms with Crippen LogP contribution in [0.1, 0.15) is 24.2 Å². The molecule has 0 aliphatic carbocycles. The lowest BCUT2D eigenvalue weighted by molar-refractivity contribution is -0.128. The van der Waals surface area contributed by atoms with Crippen LogP contribution in [0.2, 0.25) is 0 Å². The van der Waals surface area contributed by atoms with E-state index in [1.54, 1.807) is 41.4 Å². The highest BCUT2D eigenvalue weighted by molar-refractivity contribution is 5.95. The van der Waals surface area contributed by atoms with Crippen LogP contribution < -0.4 is 5.56 Å². The zero-order valence-electron chi connectivity index (χ0n) is 18.1. The molecule has 1 aliphatic rings. The molecule has 1 N–H and O–H groups in total. The van der Waals surface area contributed by atoms with Crippen LogP contribution in [-0.4, -0.2) is 45.0 Å². The predicted molar refractivity (Wildman–Crippen MR) is 128 cm³/mol. The van der Waals surface area contributed by atoms with Crippen molar-refractivity contribution in [3.05, 3.63) is 88.6 Å². The number of fused-ring (bicyclic) bond motifs is 2. The summed E-state index contributed by atoms with van der Waals surface area (Å²) >= 11 is 0. The lowest BCUT2D eigenvalue weighted by atomic mass is 10.1. The normalized spacial score (nSPS) is 16.1. The number of hydrogen-bond donors (Lipinski definition) is 1. The highest BCUT2D eigenvalue weighted by Gasteiger charge is 2.22. The average Bonchev–Trinajstić information content (AvgIpc) is 3.35. The number of para-hydroxylation sites is 2. The van der Waals surface area contributed by atoms with Gasteiger partial charge in [-0.2, -0.15) is 0 Å². The van der Waals surface area contributed by atoms with Crippen LogP contribution in [0.5, 0.6) is 0 Å². The minimum atomic E-state index is -0.211. The van der Waals surface area contributed by atoms with Crippen molar-refractivity contribution in [2.45, 2.75) is 25.5 Å². The first-order valence-electron chi connectivity index (χ1n) is 11.1. The monoisotopic (exact) mass is 440 g/mol. The van der Waals surface area contributed by atoms with E-state index in [1.807, 2.05) is 36.4 Å². The number of H-pyrrole nitrogens is 1. The molecule has 33 heavy (non-hydrogen) atoms. The largest absolute Gasteiger partial charge is 0.376 e. The Labute approximate surface area is 190 Å². The van der Waals surface area contributed by atoms with Gasteiger partial charge in [0.05, 0.1) is 29.1 Å². The molecule has 1 aliphatic heterocycles. The first-order chi connectivity index (χ1) is 16.2. The van der Waals surface area contributed by atoms with E-state index < -0.39 is 0 Å². The van der Waals surface area contributed by atoms with Crippen LogP contribution >= 0.6 is 0 Å². The van der Waals surface area contributed by atoms with Gasteiger partial charge in [-0.15, -0.1) is 0 Å². The summed E-state index contributed by atoms with van der Waals surface area (Å²) in [7, 11) is 0. The van der Waals surface area contributed by atoms with Gasteiger partial charge >= 0.3 is 0 Å². The molecule has 3 heterocycles. The maximum absolute atomic E-state index is 13.2. The maximum atomic E-state index is 13.2. The number of carbonyl (C=O) groups is 1. The SMILES string of the molecule is O=C(/C=C/c1cccc2cccnc12)N(Cc1nc2ccccc2c(=O)[nH]1)CC1CCCO1. The molecule has 0 bridgehead atoms. The molecule has 1 amide bonds. The Kier molecular flexibility index (Phi) is 5.95. The van der Waals surface area contributed by atoms with E-state index >= 15 is 0 Å². The van der Waals surface area contributed by atoms with Crippen LogP contribution in [0.3, 0.4) is 0 Å². The first-order valence-corrected chi connectivity index (χ1v) is 11.1. The quantitative estimate of drug-likeness (QED) is 0.462. The molecule has 1 atom stereocenters. The van der Waals surface area contributed by atoms with E-state index in [0.717, 1.165) is 29.3 Å². The fourth-order valence-electron chi connectivity index (χ4n) is 4.19. The minimum absolute atomic E-state index is 0.0197. The summed E-state index contributed by atoms with van der Waals surface area (Å²) in [5.74, 6) is 0.277. The lowest BCUT2D eigenvalue weighted by Crippen LogP contribution is -2.36. The van der Waals surface area contributed by atoms with Crippen LogP contribution in [0.15, 0.2) is 71.7 Å². The second-order valence-electron chi connectivity index (χ2n) is 8.14. The first kappa shape index (κ1) is 21.0. The van der Waals surface area contributed by atoms with Gasteiger partial charge in [-0.05, 0) is 37.1 Å². The minimum Gasteiger partial charge on any atom is -0.376 e. The molecule has 1 fully saturated rings. The van der Waals surface area contributed by atoms with E-state index in [-0.39, 0.29) is 24.1 Å². The summed E-state index contributed by atoms with van der Waals surface area (Å²) in [6, 6.07) is 16.9. The molecule has 4 aromatic rings. The number of nitrogens with one attached hydrogen (secondary N) is 1. The molecule has 0 saturated carbocycles. The molecule has 2 aromatic carbocycles. The zero-order valence-corrected chi connectivity index (χ0v) is 18.1. The van der Waals surface area contributed by atoms with Crippen molar-refractivity contribution in [2.24, 2.45) is 0 Å². The number of benzene rings is 2. The average molecular weight is 441 g/mol. The van der Waals surface area contributed by atoms with Crippen LogP contribution in [0, 0.1) is 0 Å². The topological polar surface area (TPSA) is 88.2 Å². The molecule has 166 valence electrons. The number of rotatable bonds is 6. The second-order valence-corrected chi connectivity index (χ2v) is 8.14. The van der Waals surface area contributed by atoms with Crippen molar-refractivity contribution >= 4 is 33.8 Å². The molecule has 1 unspecified atom stereocenters. The maximum Gasteiger partial charge on any atom is 0.258 e. The van der Waals surface area contributed by atoms with Crippen molar-refractivity contribution in [3.63, 3.8) is 0 Å². The molecule has 2 aromatic heterocycles. The van der Waals surface area contributed by atoms with E-state index in [2.05, 4.69) is 15.0 Å². The summed E-state index contributed by atoms with van der Waals surface area (Å²) in [6.07, 6.45) is 6.95. The van der Waals surface area contributed by atoms with Crippen LogP contribution in [-0.2, 0) is 16.1 Å². The standard InChI is InChI=1S/C26H24N4O3/c31-24(13-12-19-7-3-6-18-8-4-14-27-25(18)19)30(16-20-9-5-15-33-20)17-23-28-22-11-2-1-10-21(22)26(32)29-23/h1-4,6-8,10-14,20H,5,9,15-17H2,(H,28,29,32)/b13-12+. The van der Waals surface area contributed by atoms with Gasteiger partial charge < -0.3 is 14.6 Å². The van der Waals surface area contributed by atoms with Gasteiger partial charge in [0.2, 0.25) is 5.91 Å². The predicted octanol–water partition coefficient (Wildman–Crippen LogP) is 3.69. The van der Waals surface area contributed by atoms with E-state index in [4.69, 9.17) is 4.74 Å². The molecule has 0 spiro atoms. The number of pyridine rings is 1. The van der Waals surface area contributed by atoms with Crippen molar-refractivity contribution in [3.8, 4) is 0 Å². The third kappa shape index (κ3) is 4.68. The van der Waals surface area contributed by atoms with Crippen LogP contribution in [0.4, 0.5) is 0 Å². The smallest absolute Gasteiger partial charge is 0.258 e. The Morgan fingerprint density at radius 1 is 1.15 bits per heavy atom. The zero-order chi connectivity index (χ0) is 22.6. The van der Waals surface area contributed by atoms with Gasteiger partial charge in [0.1, 0.15) is 5.82 Å². The summed E-state index contributed by atoms with van der Waals surface area (Å²) in [6.45, 7) is 1.33. The van der Waals surface area contributed by atoms with Gasteiger partial charge in [0, 0.05) is 36.4 Å². The Balaban J connectivity index is 1.42. The van der Waals surface area contributed by atoms with Gasteiger partial charge in [-0.1, -0.05) is 36.4 Å². The van der Waals surface area contributed by atoms with E-state index in [0.29, 0.717) is 29.9 Å². The van der Waals surface area contributed by atoms with Crippen molar-refractivity contribution in [1.29, 1.82) is 0 Å². The fourth-order valence-corrected chi connectivity index (χ4v) is 4.19. The molecule has 7 nitrogen and oxygen atoms in total. The second kappa shape index (κ2) is 9.34. The van der Waals surface area contributed by atoms with E-state index in [9.17, 15) is 9.59 Å². The molecule has 7 heteroatoms. The van der Waals surface area contributed by atoms with Crippen LogP contribution in [0.25, 0.3) is 27.9 Å². The third-order valence-electron chi connectivity index (χ3n) is 5.83. The van der Waals surface area contributed by atoms with Crippen molar-refractivity contribution < 1.29 is 9.53 Å². The molecule has 5 rings (SSSR count). The summed E-state index contributed by atoms with van der Waals surface area (Å²) in [5.41, 5.74) is 2.11. The number of aromatic amines is 1. The Morgan fingerprint density at radius 2 is 2.03 bits per heavy atom. The van der Waals surface area contributed by atoms with Gasteiger partial charge in [0.15, 0.2) is 0 Å². The Hall–Kier alpha value is -3.84. The molecular formula is C26H24N4O3. The van der Waals surface area contributed by atoms with Crippen molar-refractivity contribution in [2.75, 3.05) is 13.2 Å². The summed E-state index contributed by atoms with van der Waals surface area (Å²) < 4.78 is 5.77. The number of ether oxygens (including phenoxy) is 1. The highest BCUT2D eigenvalue weighted by atomic mass is 16.5. The Morgan fingerprint density at radius 3 is 2.91 bits per heavy atom. The third-order valence-corrected chi connectivity index (χ3v) is 5.83. The summed E-state index contributed by atoms with van der Waals surface area (Å²) in [5, 5.41) is 1.54. The Bertz CT molecular complexity index is 1380. The molecular weight excluding hydrogens is 416 g/mol.